The molecular formula is C25H25N7O2S. The lowest BCUT2D eigenvalue weighted by atomic mass is 10.0. The molecule has 3 aromatic rings. The molecule has 3 heterocycles. The van der Waals surface area contributed by atoms with Crippen LogP contribution in [0.1, 0.15) is 40.3 Å². The van der Waals surface area contributed by atoms with Crippen molar-refractivity contribution < 1.29 is 9.21 Å². The third-order valence-corrected chi connectivity index (χ3v) is 7.19. The summed E-state index contributed by atoms with van der Waals surface area (Å²) in [6.07, 6.45) is 3.68. The minimum atomic E-state index is -0.709. The number of rotatable bonds is 8. The average Bonchev–Trinajstić information content (AvgIpc) is 3.40. The number of nitriles is 2. The van der Waals surface area contributed by atoms with Gasteiger partial charge >= 0.3 is 0 Å². The van der Waals surface area contributed by atoms with Crippen LogP contribution in [0.25, 0.3) is 0 Å². The predicted molar refractivity (Wildman–Crippen MR) is 131 cm³/mol. The molecule has 1 atom stereocenters. The summed E-state index contributed by atoms with van der Waals surface area (Å²) in [5, 5.41) is 19.7. The number of nitrogens with two attached hydrogens (primary N) is 1. The Morgan fingerprint density at radius 2 is 1.89 bits per heavy atom. The molecular weight excluding hydrogens is 462 g/mol. The van der Waals surface area contributed by atoms with Crippen molar-refractivity contribution in [3.63, 3.8) is 0 Å². The fourth-order valence-corrected chi connectivity index (χ4v) is 5.23. The van der Waals surface area contributed by atoms with Crippen LogP contribution in [-0.4, -0.2) is 47.0 Å². The third-order valence-electron chi connectivity index (χ3n) is 5.93. The smallest absolute Gasteiger partial charge is 0.235 e. The number of carbonyl (C=O) groups is 1. The molecule has 1 fully saturated rings. The van der Waals surface area contributed by atoms with Crippen LogP contribution in [0.15, 0.2) is 52.2 Å². The standard InChI is InChI=1S/C25H25N7O2S/c1-2-18-19(14-26)24(32-11-9-31(10-12-32)16-21-29-8-13-34-21)30-25(20(18)15-27)35-22(23(28)33)17-6-4-3-5-7-17/h3-8,13,22H,2,9-12,16H2,1H3,(H2,28,33). The summed E-state index contributed by atoms with van der Waals surface area (Å²) in [5.41, 5.74) is 7.84. The molecule has 9 nitrogen and oxygen atoms in total. The summed E-state index contributed by atoms with van der Waals surface area (Å²) in [6, 6.07) is 13.7. The molecule has 0 radical (unpaired) electrons. The first kappa shape index (κ1) is 24.3. The summed E-state index contributed by atoms with van der Waals surface area (Å²) in [4.78, 5) is 25.6. The van der Waals surface area contributed by atoms with E-state index in [1.54, 1.807) is 12.5 Å². The van der Waals surface area contributed by atoms with Crippen molar-refractivity contribution in [2.45, 2.75) is 30.2 Å². The predicted octanol–water partition coefficient (Wildman–Crippen LogP) is 3.02. The number of primary amides is 1. The van der Waals surface area contributed by atoms with Crippen LogP contribution < -0.4 is 10.6 Å². The van der Waals surface area contributed by atoms with Crippen molar-refractivity contribution in [3.8, 4) is 12.1 Å². The molecule has 0 spiro atoms. The maximum absolute atomic E-state index is 12.3. The van der Waals surface area contributed by atoms with Gasteiger partial charge in [-0.15, -0.1) is 0 Å². The molecule has 1 unspecified atom stereocenters. The minimum Gasteiger partial charge on any atom is -0.448 e. The first-order chi connectivity index (χ1) is 17.0. The van der Waals surface area contributed by atoms with E-state index >= 15 is 0 Å². The number of oxazole rings is 1. The number of hydrogen-bond donors (Lipinski definition) is 1. The van der Waals surface area contributed by atoms with Gasteiger partial charge < -0.3 is 15.1 Å². The van der Waals surface area contributed by atoms with Crippen LogP contribution >= 0.6 is 11.8 Å². The summed E-state index contributed by atoms with van der Waals surface area (Å²) >= 11 is 1.16. The van der Waals surface area contributed by atoms with Gasteiger partial charge in [-0.2, -0.15) is 10.5 Å². The molecule has 178 valence electrons. The van der Waals surface area contributed by atoms with E-state index < -0.39 is 11.2 Å². The van der Waals surface area contributed by atoms with Crippen molar-refractivity contribution in [1.82, 2.24) is 14.9 Å². The number of anilines is 1. The Labute approximate surface area is 208 Å². The van der Waals surface area contributed by atoms with Gasteiger partial charge in [0.05, 0.1) is 23.9 Å². The lowest BCUT2D eigenvalue weighted by Crippen LogP contribution is -2.46. The van der Waals surface area contributed by atoms with Gasteiger partial charge in [-0.05, 0) is 17.5 Å². The van der Waals surface area contributed by atoms with Gasteiger partial charge in [0.2, 0.25) is 11.8 Å². The number of aromatic nitrogens is 2. The molecule has 1 amide bonds. The number of pyridine rings is 1. The highest BCUT2D eigenvalue weighted by atomic mass is 32.2. The summed E-state index contributed by atoms with van der Waals surface area (Å²) in [7, 11) is 0. The Morgan fingerprint density at radius 3 is 2.46 bits per heavy atom. The SMILES string of the molecule is CCc1c(C#N)c(SC(C(N)=O)c2ccccc2)nc(N2CCN(Cc3ncco3)CC2)c1C#N. The van der Waals surface area contributed by atoms with Gasteiger partial charge in [0.1, 0.15) is 34.5 Å². The molecule has 2 N–H and O–H groups in total. The summed E-state index contributed by atoms with van der Waals surface area (Å²) in [6.45, 7) is 5.32. The van der Waals surface area contributed by atoms with Gasteiger partial charge in [0, 0.05) is 26.2 Å². The first-order valence-corrected chi connectivity index (χ1v) is 12.2. The number of thioether (sulfide) groups is 1. The van der Waals surface area contributed by atoms with Crippen LogP contribution in [0.4, 0.5) is 5.82 Å². The van der Waals surface area contributed by atoms with E-state index in [9.17, 15) is 15.3 Å². The van der Waals surface area contributed by atoms with E-state index in [1.807, 2.05) is 37.3 Å². The monoisotopic (exact) mass is 487 g/mol. The molecule has 0 aliphatic carbocycles. The second-order valence-corrected chi connectivity index (χ2v) is 9.14. The van der Waals surface area contributed by atoms with Crippen LogP contribution in [0.5, 0.6) is 0 Å². The van der Waals surface area contributed by atoms with Crippen molar-refractivity contribution in [2.75, 3.05) is 31.1 Å². The number of benzene rings is 1. The molecule has 1 aromatic carbocycles. The highest BCUT2D eigenvalue weighted by Crippen LogP contribution is 2.39. The highest BCUT2D eigenvalue weighted by molar-refractivity contribution is 8.00. The van der Waals surface area contributed by atoms with Gasteiger partial charge in [0.15, 0.2) is 0 Å². The van der Waals surface area contributed by atoms with E-state index in [-0.39, 0.29) is 0 Å². The molecule has 35 heavy (non-hydrogen) atoms. The molecule has 0 saturated carbocycles. The zero-order valence-corrected chi connectivity index (χ0v) is 20.2. The third kappa shape index (κ3) is 5.29. The number of carbonyl (C=O) groups excluding carboxylic acids is 1. The van der Waals surface area contributed by atoms with Gasteiger partial charge in [-0.1, -0.05) is 49.0 Å². The minimum absolute atomic E-state index is 0.322. The number of nitrogens with zero attached hydrogens (tertiary/aromatic N) is 6. The second kappa shape index (κ2) is 11.0. The Balaban J connectivity index is 1.66. The van der Waals surface area contributed by atoms with Crippen molar-refractivity contribution in [3.05, 3.63) is 70.9 Å². The lowest BCUT2D eigenvalue weighted by Gasteiger charge is -2.35. The zero-order chi connectivity index (χ0) is 24.8. The number of hydrogen-bond acceptors (Lipinski definition) is 9. The van der Waals surface area contributed by atoms with Crippen LogP contribution in [0.3, 0.4) is 0 Å². The van der Waals surface area contributed by atoms with Crippen molar-refractivity contribution >= 4 is 23.5 Å². The highest BCUT2D eigenvalue weighted by Gasteiger charge is 2.28. The Morgan fingerprint density at radius 1 is 1.17 bits per heavy atom. The first-order valence-electron chi connectivity index (χ1n) is 11.3. The topological polar surface area (TPSA) is 136 Å². The van der Waals surface area contributed by atoms with Gasteiger partial charge in [-0.3, -0.25) is 9.69 Å². The fraction of sp³-hybridized carbons (Fsp3) is 0.320. The molecule has 4 rings (SSSR count). The fourth-order valence-electron chi connectivity index (χ4n) is 4.17. The largest absolute Gasteiger partial charge is 0.448 e. The maximum Gasteiger partial charge on any atom is 0.235 e. The zero-order valence-electron chi connectivity index (χ0n) is 19.3. The normalized spacial score (nSPS) is 14.8. The molecule has 1 aliphatic rings. The maximum atomic E-state index is 12.3. The van der Waals surface area contributed by atoms with E-state index in [2.05, 4.69) is 26.9 Å². The lowest BCUT2D eigenvalue weighted by molar-refractivity contribution is -0.117. The summed E-state index contributed by atoms with van der Waals surface area (Å²) < 4.78 is 5.36. The molecule has 1 saturated heterocycles. The van der Waals surface area contributed by atoms with E-state index in [0.717, 1.165) is 30.4 Å². The van der Waals surface area contributed by atoms with E-state index in [4.69, 9.17) is 15.1 Å². The Kier molecular flexibility index (Phi) is 7.66. The summed E-state index contributed by atoms with van der Waals surface area (Å²) in [5.74, 6) is 0.687. The van der Waals surface area contributed by atoms with Crippen LogP contribution in [-0.2, 0) is 17.8 Å². The quantitative estimate of drug-likeness (QED) is 0.475. The number of piperazine rings is 1. The Hall–Kier alpha value is -3.86. The van der Waals surface area contributed by atoms with Crippen molar-refractivity contribution in [2.24, 2.45) is 5.73 Å². The van der Waals surface area contributed by atoms with Gasteiger partial charge in [0.25, 0.3) is 0 Å². The molecule has 0 bridgehead atoms. The van der Waals surface area contributed by atoms with Gasteiger partial charge in [-0.25, -0.2) is 9.97 Å². The van der Waals surface area contributed by atoms with E-state index in [0.29, 0.717) is 59.5 Å². The average molecular weight is 488 g/mol. The van der Waals surface area contributed by atoms with Crippen LogP contribution in [0.2, 0.25) is 0 Å². The van der Waals surface area contributed by atoms with Crippen LogP contribution in [0, 0.1) is 22.7 Å². The van der Waals surface area contributed by atoms with Crippen molar-refractivity contribution in [1.29, 1.82) is 10.5 Å². The Bertz CT molecular complexity index is 1260. The molecule has 2 aromatic heterocycles. The molecule has 1 aliphatic heterocycles. The van der Waals surface area contributed by atoms with E-state index in [1.165, 1.54) is 0 Å². The molecule has 10 heteroatoms. The second-order valence-electron chi connectivity index (χ2n) is 8.05. The number of amides is 1.